The van der Waals surface area contributed by atoms with Gasteiger partial charge in [0.1, 0.15) is 4.83 Å². The average molecular weight is 372 g/mol. The molecule has 0 atom stereocenters. The van der Waals surface area contributed by atoms with Crippen molar-refractivity contribution in [2.45, 2.75) is 45.6 Å². The number of alkyl halides is 5. The largest absolute Gasteiger partial charge is 0.391 e. The first-order valence-electron chi connectivity index (χ1n) is 6.87. The van der Waals surface area contributed by atoms with Gasteiger partial charge in [-0.05, 0) is 6.92 Å². The highest BCUT2D eigenvalue weighted by atomic mass is 32.1. The summed E-state index contributed by atoms with van der Waals surface area (Å²) in [6.45, 7) is -0.373. The van der Waals surface area contributed by atoms with E-state index in [1.165, 1.54) is 6.92 Å². The molecule has 0 aliphatic rings. The van der Waals surface area contributed by atoms with E-state index in [2.05, 4.69) is 0 Å². The maximum Gasteiger partial charge on any atom is 0.390 e. The number of aliphatic hydroxyl groups excluding tert-OH is 1. The van der Waals surface area contributed by atoms with Gasteiger partial charge in [-0.3, -0.25) is 13.9 Å². The normalized spacial score (nSPS) is 12.5. The molecular weight excluding hydrogens is 359 g/mol. The molecule has 0 radical (unpaired) electrons. The number of aromatic nitrogens is 2. The molecule has 0 spiro atoms. The molecule has 11 heteroatoms. The SMILES string of the molecule is CCn1c(=O)c2c(C(F)F)c(CO)sc2n(CCC(F)(F)F)c1=O. The van der Waals surface area contributed by atoms with E-state index in [1.54, 1.807) is 0 Å². The van der Waals surface area contributed by atoms with E-state index in [0.29, 0.717) is 20.5 Å². The van der Waals surface area contributed by atoms with Gasteiger partial charge in [0.05, 0.1) is 18.4 Å². The molecular formula is C13H13F5N2O3S. The first-order chi connectivity index (χ1) is 11.1. The molecule has 1 N–H and O–H groups in total. The topological polar surface area (TPSA) is 64.2 Å². The fourth-order valence-electron chi connectivity index (χ4n) is 2.39. The summed E-state index contributed by atoms with van der Waals surface area (Å²) in [5.74, 6) is 0. The van der Waals surface area contributed by atoms with Crippen molar-refractivity contribution in [1.82, 2.24) is 9.13 Å². The lowest BCUT2D eigenvalue weighted by molar-refractivity contribution is -0.136. The van der Waals surface area contributed by atoms with Gasteiger partial charge < -0.3 is 5.11 Å². The quantitative estimate of drug-likeness (QED) is 0.821. The molecule has 2 heterocycles. The fraction of sp³-hybridized carbons (Fsp3) is 0.538. The van der Waals surface area contributed by atoms with Gasteiger partial charge in [0, 0.05) is 23.5 Å². The second-order valence-electron chi connectivity index (χ2n) is 4.93. The number of hydrogen-bond donors (Lipinski definition) is 1. The standard InChI is InChI=1S/C13H13F5N2O3S/c1-2-19-10(22)8-7(9(14)15)6(5-21)24-11(8)20(12(19)23)4-3-13(16,17)18/h9,21H,2-5H2,1H3. The molecule has 2 aromatic heterocycles. The van der Waals surface area contributed by atoms with Crippen LogP contribution >= 0.6 is 11.3 Å². The molecule has 2 rings (SSSR count). The number of rotatable bonds is 5. The van der Waals surface area contributed by atoms with Gasteiger partial charge in [-0.25, -0.2) is 13.6 Å². The summed E-state index contributed by atoms with van der Waals surface area (Å²) in [6.07, 6.45) is -9.01. The van der Waals surface area contributed by atoms with Gasteiger partial charge in [0.15, 0.2) is 0 Å². The molecule has 134 valence electrons. The van der Waals surface area contributed by atoms with Crippen LogP contribution in [0.4, 0.5) is 22.0 Å². The third-order valence-electron chi connectivity index (χ3n) is 3.47. The summed E-state index contributed by atoms with van der Waals surface area (Å²) < 4.78 is 65.3. The Morgan fingerprint density at radius 1 is 1.21 bits per heavy atom. The van der Waals surface area contributed by atoms with Gasteiger partial charge in [-0.2, -0.15) is 13.2 Å². The molecule has 0 unspecified atom stereocenters. The molecule has 0 saturated carbocycles. The Hall–Kier alpha value is -1.75. The number of aliphatic hydroxyl groups is 1. The average Bonchev–Trinajstić information content (AvgIpc) is 2.86. The zero-order valence-corrected chi connectivity index (χ0v) is 13.2. The van der Waals surface area contributed by atoms with Crippen molar-refractivity contribution in [3.8, 4) is 0 Å². The van der Waals surface area contributed by atoms with Crippen molar-refractivity contribution in [2.24, 2.45) is 0 Å². The van der Waals surface area contributed by atoms with Crippen LogP contribution in [0.1, 0.15) is 30.2 Å². The molecule has 0 aromatic carbocycles. The van der Waals surface area contributed by atoms with Crippen molar-refractivity contribution in [3.05, 3.63) is 31.3 Å². The lowest BCUT2D eigenvalue weighted by Gasteiger charge is -2.12. The van der Waals surface area contributed by atoms with Gasteiger partial charge >= 0.3 is 11.9 Å². The Balaban J connectivity index is 2.86. The third kappa shape index (κ3) is 3.22. The zero-order chi connectivity index (χ0) is 18.2. The highest BCUT2D eigenvalue weighted by Crippen LogP contribution is 2.35. The van der Waals surface area contributed by atoms with Crippen LogP contribution in [-0.4, -0.2) is 20.4 Å². The van der Waals surface area contributed by atoms with E-state index in [-0.39, 0.29) is 16.3 Å². The van der Waals surface area contributed by atoms with Crippen LogP contribution in [-0.2, 0) is 19.7 Å². The second-order valence-corrected chi connectivity index (χ2v) is 6.01. The van der Waals surface area contributed by atoms with Crippen LogP contribution in [0.15, 0.2) is 9.59 Å². The molecule has 0 amide bonds. The third-order valence-corrected chi connectivity index (χ3v) is 4.68. The van der Waals surface area contributed by atoms with E-state index in [0.717, 1.165) is 0 Å². The molecule has 0 aliphatic carbocycles. The van der Waals surface area contributed by atoms with Gasteiger partial charge in [0.2, 0.25) is 0 Å². The zero-order valence-electron chi connectivity index (χ0n) is 12.4. The smallest absolute Gasteiger partial charge is 0.390 e. The number of nitrogens with zero attached hydrogens (tertiary/aromatic N) is 2. The Morgan fingerprint density at radius 2 is 1.83 bits per heavy atom. The van der Waals surface area contributed by atoms with E-state index >= 15 is 0 Å². The van der Waals surface area contributed by atoms with E-state index < -0.39 is 54.4 Å². The Bertz CT molecular complexity index is 866. The molecule has 0 saturated heterocycles. The highest BCUT2D eigenvalue weighted by Gasteiger charge is 2.30. The second kappa shape index (κ2) is 6.63. The molecule has 2 aromatic rings. The van der Waals surface area contributed by atoms with Gasteiger partial charge in [-0.15, -0.1) is 11.3 Å². The van der Waals surface area contributed by atoms with Crippen molar-refractivity contribution < 1.29 is 27.1 Å². The van der Waals surface area contributed by atoms with Crippen LogP contribution in [0.25, 0.3) is 10.2 Å². The maximum atomic E-state index is 13.3. The maximum absolute atomic E-state index is 13.3. The molecule has 24 heavy (non-hydrogen) atoms. The Kier molecular flexibility index (Phi) is 5.14. The predicted octanol–water partition coefficient (Wildman–Crippen LogP) is 2.63. The number of hydrogen-bond acceptors (Lipinski definition) is 4. The number of aryl methyl sites for hydroxylation is 1. The first kappa shape index (κ1) is 18.6. The Labute approximate surface area is 135 Å². The number of fused-ring (bicyclic) bond motifs is 1. The van der Waals surface area contributed by atoms with Crippen molar-refractivity contribution >= 4 is 21.6 Å². The van der Waals surface area contributed by atoms with Crippen LogP contribution in [0, 0.1) is 0 Å². The Morgan fingerprint density at radius 3 is 2.29 bits per heavy atom. The van der Waals surface area contributed by atoms with Crippen LogP contribution < -0.4 is 11.2 Å². The van der Waals surface area contributed by atoms with Crippen LogP contribution in [0.5, 0.6) is 0 Å². The summed E-state index contributed by atoms with van der Waals surface area (Å²) in [4.78, 5) is 24.0. The minimum absolute atomic E-state index is 0.174. The molecule has 0 aliphatic heterocycles. The monoisotopic (exact) mass is 372 g/mol. The summed E-state index contributed by atoms with van der Waals surface area (Å²) >= 11 is 0.529. The fourth-order valence-corrected chi connectivity index (χ4v) is 3.57. The highest BCUT2D eigenvalue weighted by molar-refractivity contribution is 7.18. The van der Waals surface area contributed by atoms with Crippen LogP contribution in [0.3, 0.4) is 0 Å². The van der Waals surface area contributed by atoms with E-state index in [1.807, 2.05) is 0 Å². The van der Waals surface area contributed by atoms with Crippen molar-refractivity contribution in [2.75, 3.05) is 0 Å². The minimum Gasteiger partial charge on any atom is -0.391 e. The summed E-state index contributed by atoms with van der Waals surface area (Å²) in [5, 5.41) is 8.69. The van der Waals surface area contributed by atoms with Gasteiger partial charge in [0.25, 0.3) is 12.0 Å². The number of halogens is 5. The lowest BCUT2D eigenvalue weighted by atomic mass is 10.2. The van der Waals surface area contributed by atoms with E-state index in [9.17, 15) is 36.6 Å². The summed E-state index contributed by atoms with van der Waals surface area (Å²) in [6, 6.07) is 0. The van der Waals surface area contributed by atoms with Gasteiger partial charge in [-0.1, -0.05) is 0 Å². The minimum atomic E-state index is -4.55. The lowest BCUT2D eigenvalue weighted by Crippen LogP contribution is -2.40. The summed E-state index contributed by atoms with van der Waals surface area (Å²) in [5.41, 5.74) is -2.72. The number of thiophene rings is 1. The van der Waals surface area contributed by atoms with Crippen molar-refractivity contribution in [3.63, 3.8) is 0 Å². The molecule has 0 bridgehead atoms. The molecule has 0 fully saturated rings. The van der Waals surface area contributed by atoms with Crippen LogP contribution in [0.2, 0.25) is 0 Å². The molecule has 5 nitrogen and oxygen atoms in total. The summed E-state index contributed by atoms with van der Waals surface area (Å²) in [7, 11) is 0. The predicted molar refractivity (Wildman–Crippen MR) is 77.6 cm³/mol. The first-order valence-corrected chi connectivity index (χ1v) is 7.68. The van der Waals surface area contributed by atoms with E-state index in [4.69, 9.17) is 0 Å². The van der Waals surface area contributed by atoms with Crippen molar-refractivity contribution in [1.29, 1.82) is 0 Å².